The van der Waals surface area contributed by atoms with Crippen LogP contribution in [0.25, 0.3) is 22.6 Å². The minimum absolute atomic E-state index is 0.256. The lowest BCUT2D eigenvalue weighted by Crippen LogP contribution is -2.26. The second-order valence-corrected chi connectivity index (χ2v) is 8.77. The molecule has 1 N–H and O–H groups in total. The van der Waals surface area contributed by atoms with Gasteiger partial charge >= 0.3 is 0 Å². The van der Waals surface area contributed by atoms with Crippen LogP contribution in [0.1, 0.15) is 30.8 Å². The van der Waals surface area contributed by atoms with E-state index >= 15 is 0 Å². The first-order valence-corrected chi connectivity index (χ1v) is 11.8. The summed E-state index contributed by atoms with van der Waals surface area (Å²) in [6.45, 7) is 4.56. The summed E-state index contributed by atoms with van der Waals surface area (Å²) >= 11 is 0. The minimum Gasteiger partial charge on any atom is -0.354 e. The van der Waals surface area contributed by atoms with Crippen molar-refractivity contribution in [3.63, 3.8) is 0 Å². The number of fused-ring (bicyclic) bond motifs is 1. The molecule has 1 aliphatic heterocycles. The third-order valence-electron chi connectivity index (χ3n) is 6.22. The fraction of sp³-hybridized carbons (Fsp3) is 0.296. The smallest absolute Gasteiger partial charge is 0.223 e. The molecule has 5 rings (SSSR count). The van der Waals surface area contributed by atoms with Crippen molar-refractivity contribution in [1.29, 1.82) is 0 Å². The Morgan fingerprint density at radius 2 is 1.85 bits per heavy atom. The molecule has 0 fully saturated rings. The molecule has 4 aromatic rings. The van der Waals surface area contributed by atoms with Gasteiger partial charge in [-0.25, -0.2) is 19.3 Å². The van der Waals surface area contributed by atoms with Crippen LogP contribution >= 0.6 is 0 Å². The van der Waals surface area contributed by atoms with Crippen molar-refractivity contribution in [2.75, 3.05) is 25.5 Å². The van der Waals surface area contributed by atoms with Gasteiger partial charge in [0.25, 0.3) is 0 Å². The molecule has 1 unspecified atom stereocenters. The molecule has 0 saturated heterocycles. The maximum absolute atomic E-state index is 13.6. The molecule has 34 heavy (non-hydrogen) atoms. The lowest BCUT2D eigenvalue weighted by atomic mass is 10.1. The minimum atomic E-state index is -0.256. The summed E-state index contributed by atoms with van der Waals surface area (Å²) < 4.78 is 16.0. The van der Waals surface area contributed by atoms with Crippen molar-refractivity contribution in [3.8, 4) is 22.6 Å². The van der Waals surface area contributed by atoms with E-state index in [0.29, 0.717) is 5.95 Å². The first-order chi connectivity index (χ1) is 16.6. The topological polar surface area (TPSA) is 58.9 Å². The molecule has 1 aliphatic rings. The maximum atomic E-state index is 13.6. The number of nitrogens with zero attached hydrogens (tertiary/aromatic N) is 5. The predicted molar refractivity (Wildman–Crippen MR) is 133 cm³/mol. The molecular formula is C27H29FN6. The predicted octanol–water partition coefficient (Wildman–Crippen LogP) is 5.20. The van der Waals surface area contributed by atoms with Crippen LogP contribution in [0, 0.1) is 5.82 Å². The fourth-order valence-corrected chi connectivity index (χ4v) is 4.75. The van der Waals surface area contributed by atoms with Crippen LogP contribution in [-0.2, 0) is 13.0 Å². The zero-order chi connectivity index (χ0) is 23.5. The summed E-state index contributed by atoms with van der Waals surface area (Å²) in [6, 6.07) is 19.3. The summed E-state index contributed by atoms with van der Waals surface area (Å²) in [4.78, 5) is 16.5. The summed E-state index contributed by atoms with van der Waals surface area (Å²) in [5.41, 5.74) is 4.82. The summed E-state index contributed by atoms with van der Waals surface area (Å²) in [5, 5.41) is 3.21. The highest BCUT2D eigenvalue weighted by Gasteiger charge is 2.31. The number of hydrogen-bond acceptors (Lipinski definition) is 5. The third kappa shape index (κ3) is 4.56. The number of likely N-dealkylation sites (N-methyl/N-ethyl adjacent to an activating group) is 1. The zero-order valence-electron chi connectivity index (χ0n) is 19.6. The number of aromatic nitrogens is 4. The van der Waals surface area contributed by atoms with Gasteiger partial charge in [-0.05, 0) is 56.3 Å². The van der Waals surface area contributed by atoms with Crippen LogP contribution in [0.4, 0.5) is 10.3 Å². The first-order valence-electron chi connectivity index (χ1n) is 11.8. The molecule has 3 heterocycles. The highest BCUT2D eigenvalue weighted by atomic mass is 19.1. The molecule has 2 aromatic carbocycles. The Labute approximate surface area is 199 Å². The Bertz CT molecular complexity index is 1250. The Hall–Kier alpha value is -3.58. The molecule has 2 aromatic heterocycles. The summed E-state index contributed by atoms with van der Waals surface area (Å²) in [7, 11) is 2.16. The SMILES string of the molecule is CCNc1nccc(-c2c(-c3ccc(F)cc3)nc3n2C(CN(C)Cc2ccccc2)CC3)n1. The first kappa shape index (κ1) is 22.2. The van der Waals surface area contributed by atoms with Crippen LogP contribution < -0.4 is 5.32 Å². The highest BCUT2D eigenvalue weighted by molar-refractivity contribution is 5.78. The average molecular weight is 457 g/mol. The monoisotopic (exact) mass is 456 g/mol. The van der Waals surface area contributed by atoms with Gasteiger partial charge in [-0.1, -0.05) is 30.3 Å². The van der Waals surface area contributed by atoms with Gasteiger partial charge in [-0.3, -0.25) is 0 Å². The van der Waals surface area contributed by atoms with Gasteiger partial charge in [0.05, 0.1) is 17.1 Å². The number of anilines is 1. The Morgan fingerprint density at radius 1 is 1.06 bits per heavy atom. The van der Waals surface area contributed by atoms with Crippen LogP contribution in [-0.4, -0.2) is 44.6 Å². The fourth-order valence-electron chi connectivity index (χ4n) is 4.75. The van der Waals surface area contributed by atoms with Crippen LogP contribution in [0.15, 0.2) is 66.9 Å². The van der Waals surface area contributed by atoms with E-state index in [2.05, 4.69) is 51.1 Å². The van der Waals surface area contributed by atoms with Crippen LogP contribution in [0.5, 0.6) is 0 Å². The number of rotatable bonds is 8. The second-order valence-electron chi connectivity index (χ2n) is 8.77. The van der Waals surface area contributed by atoms with Crippen LogP contribution in [0.2, 0.25) is 0 Å². The van der Waals surface area contributed by atoms with E-state index in [9.17, 15) is 4.39 Å². The molecule has 0 saturated carbocycles. The number of imidazole rings is 1. The van der Waals surface area contributed by atoms with Gasteiger partial charge < -0.3 is 14.8 Å². The molecule has 0 spiro atoms. The molecule has 6 nitrogen and oxygen atoms in total. The van der Waals surface area contributed by atoms with E-state index in [4.69, 9.17) is 9.97 Å². The maximum Gasteiger partial charge on any atom is 0.223 e. The van der Waals surface area contributed by atoms with Crippen molar-refractivity contribution in [1.82, 2.24) is 24.4 Å². The quantitative estimate of drug-likeness (QED) is 0.395. The van der Waals surface area contributed by atoms with Gasteiger partial charge in [-0.2, -0.15) is 0 Å². The van der Waals surface area contributed by atoms with Crippen molar-refractivity contribution < 1.29 is 4.39 Å². The molecule has 174 valence electrons. The lowest BCUT2D eigenvalue weighted by molar-refractivity contribution is 0.274. The average Bonchev–Trinajstić information content (AvgIpc) is 3.40. The van der Waals surface area contributed by atoms with Gasteiger partial charge in [0.1, 0.15) is 11.6 Å². The molecule has 0 aliphatic carbocycles. The van der Waals surface area contributed by atoms with E-state index < -0.39 is 0 Å². The largest absolute Gasteiger partial charge is 0.354 e. The normalized spacial score (nSPS) is 15.0. The van der Waals surface area contributed by atoms with Crippen molar-refractivity contribution >= 4 is 5.95 Å². The summed E-state index contributed by atoms with van der Waals surface area (Å²) in [6.07, 6.45) is 3.71. The van der Waals surface area contributed by atoms with E-state index in [1.54, 1.807) is 18.3 Å². The van der Waals surface area contributed by atoms with Gasteiger partial charge in [0, 0.05) is 43.9 Å². The van der Waals surface area contributed by atoms with E-state index in [1.165, 1.54) is 17.7 Å². The van der Waals surface area contributed by atoms with E-state index in [0.717, 1.165) is 60.9 Å². The van der Waals surface area contributed by atoms with E-state index in [1.807, 2.05) is 19.1 Å². The van der Waals surface area contributed by atoms with Gasteiger partial charge in [0.15, 0.2) is 0 Å². The molecule has 1 atom stereocenters. The third-order valence-corrected chi connectivity index (χ3v) is 6.22. The summed E-state index contributed by atoms with van der Waals surface area (Å²) in [5.74, 6) is 1.39. The van der Waals surface area contributed by atoms with E-state index in [-0.39, 0.29) is 11.9 Å². The Morgan fingerprint density at radius 3 is 2.62 bits per heavy atom. The zero-order valence-corrected chi connectivity index (χ0v) is 19.6. The Kier molecular flexibility index (Phi) is 6.36. The molecular weight excluding hydrogens is 427 g/mol. The number of benzene rings is 2. The number of halogens is 1. The molecule has 0 bridgehead atoms. The number of hydrogen-bond donors (Lipinski definition) is 1. The Balaban J connectivity index is 1.53. The second kappa shape index (κ2) is 9.73. The number of aryl methyl sites for hydroxylation is 1. The molecule has 0 radical (unpaired) electrons. The standard InChI is InChI=1S/C27H29FN6/c1-3-29-27-30-16-15-23(31-27)26-25(20-9-11-21(28)12-10-20)32-24-14-13-22(34(24)26)18-33(2)17-19-7-5-4-6-8-19/h4-12,15-16,22H,3,13-14,17-18H2,1-2H3,(H,29,30,31). The number of nitrogens with one attached hydrogen (secondary N) is 1. The van der Waals surface area contributed by atoms with Crippen molar-refractivity contribution in [3.05, 3.63) is 84.1 Å². The highest BCUT2D eigenvalue weighted by Crippen LogP contribution is 2.39. The lowest BCUT2D eigenvalue weighted by Gasteiger charge is -2.24. The van der Waals surface area contributed by atoms with Gasteiger partial charge in [0.2, 0.25) is 5.95 Å². The van der Waals surface area contributed by atoms with Crippen molar-refractivity contribution in [2.45, 2.75) is 32.4 Å². The van der Waals surface area contributed by atoms with Gasteiger partial charge in [-0.15, -0.1) is 0 Å². The molecule has 0 amide bonds. The van der Waals surface area contributed by atoms with Crippen molar-refractivity contribution in [2.24, 2.45) is 0 Å². The molecule has 7 heteroatoms. The van der Waals surface area contributed by atoms with Crippen LogP contribution in [0.3, 0.4) is 0 Å².